The lowest BCUT2D eigenvalue weighted by Crippen LogP contribution is -2.55. The van der Waals surface area contributed by atoms with Gasteiger partial charge in [0.2, 0.25) is 0 Å². The van der Waals surface area contributed by atoms with Crippen molar-refractivity contribution in [3.63, 3.8) is 0 Å². The Bertz CT molecular complexity index is 340. The van der Waals surface area contributed by atoms with Crippen LogP contribution in [0, 0.1) is 11.8 Å². The van der Waals surface area contributed by atoms with Gasteiger partial charge < -0.3 is 10.4 Å². The lowest BCUT2D eigenvalue weighted by Gasteiger charge is -2.36. The van der Waals surface area contributed by atoms with Gasteiger partial charge in [-0.15, -0.1) is 0 Å². The van der Waals surface area contributed by atoms with E-state index < -0.39 is 17.6 Å². The summed E-state index contributed by atoms with van der Waals surface area (Å²) in [6, 6.07) is -0.351. The SMILES string of the molecule is CCNC(CC1CCCCC1)C(O)C(C)(F)C(=O)C(C)CC. The maximum absolute atomic E-state index is 15.0. The number of nitrogens with one attached hydrogen (secondary N) is 1. The van der Waals surface area contributed by atoms with Crippen LogP contribution >= 0.6 is 0 Å². The second-order valence-corrected chi connectivity index (χ2v) is 7.10. The number of hydrogen-bond acceptors (Lipinski definition) is 3. The summed E-state index contributed by atoms with van der Waals surface area (Å²) < 4.78 is 15.0. The van der Waals surface area contributed by atoms with Crippen molar-refractivity contribution in [1.82, 2.24) is 5.32 Å². The molecule has 22 heavy (non-hydrogen) atoms. The van der Waals surface area contributed by atoms with E-state index in [9.17, 15) is 9.90 Å². The highest BCUT2D eigenvalue weighted by atomic mass is 19.1. The Morgan fingerprint density at radius 2 is 1.91 bits per heavy atom. The first-order chi connectivity index (χ1) is 10.3. The highest BCUT2D eigenvalue weighted by molar-refractivity contribution is 5.89. The highest BCUT2D eigenvalue weighted by Gasteiger charge is 2.46. The number of carbonyl (C=O) groups is 1. The van der Waals surface area contributed by atoms with Crippen LogP contribution in [0.1, 0.15) is 72.6 Å². The van der Waals surface area contributed by atoms with Crippen LogP contribution in [0.15, 0.2) is 0 Å². The normalized spacial score (nSPS) is 23.5. The van der Waals surface area contributed by atoms with Gasteiger partial charge in [0, 0.05) is 12.0 Å². The Morgan fingerprint density at radius 3 is 2.41 bits per heavy atom. The number of likely N-dealkylation sites (N-methyl/N-ethyl adjacent to an activating group) is 1. The summed E-state index contributed by atoms with van der Waals surface area (Å²) >= 11 is 0. The van der Waals surface area contributed by atoms with Crippen LogP contribution < -0.4 is 5.32 Å². The van der Waals surface area contributed by atoms with E-state index in [1.165, 1.54) is 26.2 Å². The largest absolute Gasteiger partial charge is 0.388 e. The molecule has 4 unspecified atom stereocenters. The number of aliphatic hydroxyl groups is 1. The van der Waals surface area contributed by atoms with Gasteiger partial charge in [-0.3, -0.25) is 4.79 Å². The van der Waals surface area contributed by atoms with Crippen LogP contribution in [-0.2, 0) is 4.79 Å². The van der Waals surface area contributed by atoms with Crippen molar-refractivity contribution in [3.8, 4) is 0 Å². The van der Waals surface area contributed by atoms with E-state index >= 15 is 4.39 Å². The number of Topliss-reactive ketones (excluding diaryl/α,β-unsaturated/α-hetero) is 1. The predicted molar refractivity (Wildman–Crippen MR) is 88.6 cm³/mol. The van der Waals surface area contributed by atoms with Crippen molar-refractivity contribution in [2.24, 2.45) is 11.8 Å². The number of carbonyl (C=O) groups excluding carboxylic acids is 1. The minimum atomic E-state index is -2.18. The second kappa shape index (κ2) is 8.97. The summed E-state index contributed by atoms with van der Waals surface area (Å²) in [4.78, 5) is 12.3. The van der Waals surface area contributed by atoms with Crippen molar-refractivity contribution in [1.29, 1.82) is 0 Å². The summed E-state index contributed by atoms with van der Waals surface area (Å²) in [7, 11) is 0. The van der Waals surface area contributed by atoms with Crippen molar-refractivity contribution in [3.05, 3.63) is 0 Å². The van der Waals surface area contributed by atoms with Gasteiger partial charge in [-0.25, -0.2) is 4.39 Å². The van der Waals surface area contributed by atoms with Gasteiger partial charge in [0.25, 0.3) is 0 Å². The van der Waals surface area contributed by atoms with Crippen molar-refractivity contribution >= 4 is 5.78 Å². The average molecular weight is 315 g/mol. The smallest absolute Gasteiger partial charge is 0.193 e. The molecule has 0 amide bonds. The average Bonchev–Trinajstić information content (AvgIpc) is 2.53. The van der Waals surface area contributed by atoms with Gasteiger partial charge in [-0.05, 0) is 32.2 Å². The third-order valence-electron chi connectivity index (χ3n) is 5.26. The number of rotatable bonds is 9. The van der Waals surface area contributed by atoms with Gasteiger partial charge in [0.05, 0.1) is 0 Å². The molecule has 0 aromatic rings. The maximum atomic E-state index is 15.0. The van der Waals surface area contributed by atoms with Crippen LogP contribution in [0.5, 0.6) is 0 Å². The molecule has 4 atom stereocenters. The van der Waals surface area contributed by atoms with Crippen LogP contribution in [0.4, 0.5) is 4.39 Å². The fourth-order valence-electron chi connectivity index (χ4n) is 3.56. The Labute approximate surface area is 135 Å². The highest BCUT2D eigenvalue weighted by Crippen LogP contribution is 2.31. The van der Waals surface area contributed by atoms with E-state index in [1.807, 2.05) is 13.8 Å². The van der Waals surface area contributed by atoms with Gasteiger partial charge in [0.1, 0.15) is 6.10 Å². The maximum Gasteiger partial charge on any atom is 0.193 e. The number of alkyl halides is 1. The molecule has 2 N–H and O–H groups in total. The lowest BCUT2D eigenvalue weighted by molar-refractivity contribution is -0.142. The van der Waals surface area contributed by atoms with Crippen LogP contribution in [0.2, 0.25) is 0 Å². The van der Waals surface area contributed by atoms with Crippen LogP contribution in [-0.4, -0.2) is 35.2 Å². The van der Waals surface area contributed by atoms with Crippen LogP contribution in [0.25, 0.3) is 0 Å². The summed E-state index contributed by atoms with van der Waals surface area (Å²) in [5, 5.41) is 13.8. The summed E-state index contributed by atoms with van der Waals surface area (Å²) in [6.45, 7) is 7.47. The number of aliphatic hydroxyl groups excluding tert-OH is 1. The zero-order valence-corrected chi connectivity index (χ0v) is 14.7. The molecule has 1 saturated carbocycles. The van der Waals surface area contributed by atoms with E-state index in [-0.39, 0.29) is 12.0 Å². The van der Waals surface area contributed by atoms with E-state index in [0.29, 0.717) is 18.9 Å². The van der Waals surface area contributed by atoms with E-state index in [0.717, 1.165) is 19.3 Å². The molecule has 1 aliphatic rings. The monoisotopic (exact) mass is 315 g/mol. The molecule has 4 heteroatoms. The van der Waals surface area contributed by atoms with Gasteiger partial charge in [-0.2, -0.15) is 0 Å². The molecule has 0 saturated heterocycles. The fourth-order valence-corrected chi connectivity index (χ4v) is 3.56. The summed E-state index contributed by atoms with van der Waals surface area (Å²) in [6.07, 6.45) is 6.08. The first-order valence-corrected chi connectivity index (χ1v) is 8.99. The lowest BCUT2D eigenvalue weighted by atomic mass is 9.79. The van der Waals surface area contributed by atoms with Crippen molar-refractivity contribution in [2.75, 3.05) is 6.54 Å². The Balaban J connectivity index is 2.77. The Kier molecular flexibility index (Phi) is 7.98. The van der Waals surface area contributed by atoms with E-state index in [4.69, 9.17) is 0 Å². The topological polar surface area (TPSA) is 49.3 Å². The zero-order chi connectivity index (χ0) is 16.8. The zero-order valence-electron chi connectivity index (χ0n) is 14.7. The molecule has 3 nitrogen and oxygen atoms in total. The Hall–Kier alpha value is -0.480. The molecular weight excluding hydrogens is 281 g/mol. The molecule has 0 heterocycles. The van der Waals surface area contributed by atoms with Gasteiger partial charge in [-0.1, -0.05) is 52.9 Å². The number of hydrogen-bond donors (Lipinski definition) is 2. The first kappa shape index (κ1) is 19.6. The summed E-state index contributed by atoms with van der Waals surface area (Å²) in [5.41, 5.74) is -2.18. The molecule has 0 radical (unpaired) electrons. The minimum Gasteiger partial charge on any atom is -0.388 e. The summed E-state index contributed by atoms with van der Waals surface area (Å²) in [5.74, 6) is -0.308. The Morgan fingerprint density at radius 1 is 1.32 bits per heavy atom. The molecule has 0 spiro atoms. The standard InChI is InChI=1S/C18H34FNO2/c1-5-13(3)16(21)18(4,19)17(22)15(20-6-2)12-14-10-8-7-9-11-14/h13-15,17,20,22H,5-12H2,1-4H3. The fraction of sp³-hybridized carbons (Fsp3) is 0.944. The first-order valence-electron chi connectivity index (χ1n) is 8.99. The molecule has 0 aliphatic heterocycles. The van der Waals surface area contributed by atoms with E-state index in [2.05, 4.69) is 5.32 Å². The molecule has 1 fully saturated rings. The van der Waals surface area contributed by atoms with Gasteiger partial charge >= 0.3 is 0 Å². The van der Waals surface area contributed by atoms with Crippen LogP contribution in [0.3, 0.4) is 0 Å². The van der Waals surface area contributed by atoms with E-state index in [1.54, 1.807) is 6.92 Å². The quantitative estimate of drug-likeness (QED) is 0.683. The molecule has 1 aliphatic carbocycles. The third-order valence-corrected chi connectivity index (χ3v) is 5.26. The van der Waals surface area contributed by atoms with Gasteiger partial charge in [0.15, 0.2) is 11.5 Å². The number of halogens is 1. The molecule has 130 valence electrons. The second-order valence-electron chi connectivity index (χ2n) is 7.10. The molecule has 0 bridgehead atoms. The predicted octanol–water partition coefficient (Wildman–Crippen LogP) is 3.64. The molecule has 0 aromatic carbocycles. The number of ketones is 1. The molecule has 1 rings (SSSR count). The molecular formula is C18H34FNO2. The third kappa shape index (κ3) is 5.02. The minimum absolute atomic E-state index is 0.351. The van der Waals surface area contributed by atoms with Crippen molar-refractivity contribution < 1.29 is 14.3 Å². The van der Waals surface area contributed by atoms with Crippen molar-refractivity contribution in [2.45, 2.75) is 90.5 Å². The molecule has 0 aromatic heterocycles.